The minimum atomic E-state index is -1.18. The van der Waals surface area contributed by atoms with Crippen molar-refractivity contribution in [3.8, 4) is 0 Å². The highest BCUT2D eigenvalue weighted by Crippen LogP contribution is 2.11. The average molecular weight is 388 g/mol. The molecule has 2 aromatic rings. The predicted octanol–water partition coefficient (Wildman–Crippen LogP) is 2.81. The molecule has 7 nitrogen and oxygen atoms in total. The molecule has 2 amide bonds. The van der Waals surface area contributed by atoms with Gasteiger partial charge in [0.15, 0.2) is 5.76 Å². The Morgan fingerprint density at radius 2 is 1.86 bits per heavy atom. The molecular weight excluding hydrogens is 367 g/mol. The van der Waals surface area contributed by atoms with Crippen LogP contribution in [0.25, 0.3) is 6.08 Å². The Balaban J connectivity index is 2.28. The molecule has 1 aromatic carbocycles. The van der Waals surface area contributed by atoms with E-state index in [0.29, 0.717) is 5.56 Å². The Labute approximate surface area is 161 Å². The van der Waals surface area contributed by atoms with Crippen molar-refractivity contribution >= 4 is 23.9 Å². The fourth-order valence-corrected chi connectivity index (χ4v) is 2.40. The van der Waals surface area contributed by atoms with Gasteiger partial charge in [0.1, 0.15) is 17.6 Å². The molecule has 0 spiro atoms. The number of rotatable bonds is 8. The van der Waals surface area contributed by atoms with E-state index in [1.165, 1.54) is 48.7 Å². The Bertz CT molecular complexity index is 857. The molecule has 1 heterocycles. The van der Waals surface area contributed by atoms with Crippen LogP contribution < -0.4 is 10.6 Å². The molecule has 3 N–H and O–H groups in total. The maximum atomic E-state index is 13.1. The standard InChI is InChI=1S/C20H21FN2O5/c1-12(2)10-16(20(26)27)23-18(24)15(11-13-5-7-14(21)8-6-13)22-19(25)17-4-3-9-28-17/h3-9,11-12,16H,10H2,1-2H3,(H,22,25)(H,23,24)(H,26,27)/b15-11+/t16-/m0/s1. The van der Waals surface area contributed by atoms with E-state index in [-0.39, 0.29) is 23.8 Å². The number of hydrogen-bond donors (Lipinski definition) is 3. The average Bonchev–Trinajstić information content (AvgIpc) is 3.16. The van der Waals surface area contributed by atoms with Crippen LogP contribution in [-0.4, -0.2) is 28.9 Å². The summed E-state index contributed by atoms with van der Waals surface area (Å²) in [7, 11) is 0. The molecule has 0 bridgehead atoms. The lowest BCUT2D eigenvalue weighted by atomic mass is 10.0. The lowest BCUT2D eigenvalue weighted by molar-refractivity contribution is -0.141. The van der Waals surface area contributed by atoms with Gasteiger partial charge in [-0.15, -0.1) is 0 Å². The van der Waals surface area contributed by atoms with Crippen LogP contribution in [0.5, 0.6) is 0 Å². The molecule has 1 aromatic heterocycles. The molecule has 0 fully saturated rings. The summed E-state index contributed by atoms with van der Waals surface area (Å²) in [5, 5.41) is 14.1. The quantitative estimate of drug-likeness (QED) is 0.603. The first-order chi connectivity index (χ1) is 13.3. The minimum absolute atomic E-state index is 0.0187. The number of carboxylic acids is 1. The third kappa shape index (κ3) is 6.08. The van der Waals surface area contributed by atoms with Crippen molar-refractivity contribution in [1.82, 2.24) is 10.6 Å². The summed E-state index contributed by atoms with van der Waals surface area (Å²) in [6.45, 7) is 3.66. The molecule has 0 saturated carbocycles. The summed E-state index contributed by atoms with van der Waals surface area (Å²) >= 11 is 0. The van der Waals surface area contributed by atoms with Crippen molar-refractivity contribution in [2.45, 2.75) is 26.3 Å². The zero-order valence-electron chi connectivity index (χ0n) is 15.4. The van der Waals surface area contributed by atoms with Crippen LogP contribution in [0.3, 0.4) is 0 Å². The van der Waals surface area contributed by atoms with Crippen molar-refractivity contribution in [3.05, 3.63) is 65.5 Å². The Morgan fingerprint density at radius 1 is 1.18 bits per heavy atom. The fraction of sp³-hybridized carbons (Fsp3) is 0.250. The molecule has 2 rings (SSSR count). The SMILES string of the molecule is CC(C)C[C@H](NC(=O)/C(=C\c1ccc(F)cc1)NC(=O)c1ccco1)C(=O)O. The van der Waals surface area contributed by atoms with E-state index < -0.39 is 29.6 Å². The molecule has 0 saturated heterocycles. The Hall–Kier alpha value is -3.42. The number of halogens is 1. The maximum Gasteiger partial charge on any atom is 0.326 e. The van der Waals surface area contributed by atoms with Crippen LogP contribution in [0, 0.1) is 11.7 Å². The number of carbonyl (C=O) groups excluding carboxylic acids is 2. The number of nitrogens with one attached hydrogen (secondary N) is 2. The van der Waals surface area contributed by atoms with Crippen LogP contribution in [0.1, 0.15) is 36.4 Å². The fourth-order valence-electron chi connectivity index (χ4n) is 2.40. The zero-order chi connectivity index (χ0) is 20.7. The van der Waals surface area contributed by atoms with Crippen molar-refractivity contribution in [2.75, 3.05) is 0 Å². The third-order valence-electron chi connectivity index (χ3n) is 3.73. The predicted molar refractivity (Wildman–Crippen MR) is 99.6 cm³/mol. The van der Waals surface area contributed by atoms with Crippen molar-refractivity contribution in [1.29, 1.82) is 0 Å². The van der Waals surface area contributed by atoms with Crippen LogP contribution in [0.4, 0.5) is 4.39 Å². The van der Waals surface area contributed by atoms with Gasteiger partial charge in [-0.25, -0.2) is 9.18 Å². The lowest BCUT2D eigenvalue weighted by Gasteiger charge is -2.18. The van der Waals surface area contributed by atoms with Gasteiger partial charge in [0.2, 0.25) is 0 Å². The number of carboxylic acid groups (broad SMARTS) is 1. The smallest absolute Gasteiger partial charge is 0.326 e. The first-order valence-electron chi connectivity index (χ1n) is 8.62. The lowest BCUT2D eigenvalue weighted by Crippen LogP contribution is -2.44. The molecule has 1 atom stereocenters. The van der Waals surface area contributed by atoms with Gasteiger partial charge >= 0.3 is 5.97 Å². The maximum absolute atomic E-state index is 13.1. The molecule has 0 radical (unpaired) electrons. The van der Waals surface area contributed by atoms with Gasteiger partial charge in [0, 0.05) is 0 Å². The summed E-state index contributed by atoms with van der Waals surface area (Å²) in [5.74, 6) is -3.08. The third-order valence-corrected chi connectivity index (χ3v) is 3.73. The second-order valence-corrected chi connectivity index (χ2v) is 6.53. The van der Waals surface area contributed by atoms with E-state index in [0.717, 1.165) is 0 Å². The van der Waals surface area contributed by atoms with E-state index in [4.69, 9.17) is 4.42 Å². The van der Waals surface area contributed by atoms with Crippen LogP contribution in [0.15, 0.2) is 52.8 Å². The number of benzene rings is 1. The van der Waals surface area contributed by atoms with Gasteiger partial charge in [-0.05, 0) is 48.2 Å². The van der Waals surface area contributed by atoms with E-state index in [1.54, 1.807) is 0 Å². The number of amides is 2. The van der Waals surface area contributed by atoms with Crippen LogP contribution in [0.2, 0.25) is 0 Å². The number of carbonyl (C=O) groups is 3. The Kier molecular flexibility index (Phi) is 7.08. The van der Waals surface area contributed by atoms with E-state index in [9.17, 15) is 23.9 Å². The van der Waals surface area contributed by atoms with Gasteiger partial charge in [-0.1, -0.05) is 26.0 Å². The van der Waals surface area contributed by atoms with Gasteiger partial charge in [0.25, 0.3) is 11.8 Å². The largest absolute Gasteiger partial charge is 0.480 e. The van der Waals surface area contributed by atoms with Crippen molar-refractivity contribution in [3.63, 3.8) is 0 Å². The molecule has 0 unspecified atom stereocenters. The zero-order valence-corrected chi connectivity index (χ0v) is 15.4. The second kappa shape index (κ2) is 9.50. The first-order valence-corrected chi connectivity index (χ1v) is 8.62. The molecule has 148 valence electrons. The van der Waals surface area contributed by atoms with E-state index >= 15 is 0 Å². The molecule has 8 heteroatoms. The van der Waals surface area contributed by atoms with E-state index in [2.05, 4.69) is 10.6 Å². The van der Waals surface area contributed by atoms with Gasteiger partial charge in [0.05, 0.1) is 6.26 Å². The van der Waals surface area contributed by atoms with Gasteiger partial charge in [-0.2, -0.15) is 0 Å². The summed E-state index contributed by atoms with van der Waals surface area (Å²) in [5.41, 5.74) is 0.255. The number of hydrogen-bond acceptors (Lipinski definition) is 4. The second-order valence-electron chi connectivity index (χ2n) is 6.53. The number of furan rings is 1. The monoisotopic (exact) mass is 388 g/mol. The topological polar surface area (TPSA) is 109 Å². The normalized spacial score (nSPS) is 12.5. The molecule has 0 aliphatic carbocycles. The van der Waals surface area contributed by atoms with Gasteiger partial charge < -0.3 is 20.2 Å². The molecule has 0 aliphatic heterocycles. The highest BCUT2D eigenvalue weighted by molar-refractivity contribution is 6.05. The molecule has 28 heavy (non-hydrogen) atoms. The number of aliphatic carboxylic acids is 1. The van der Waals surface area contributed by atoms with Crippen LogP contribution in [-0.2, 0) is 9.59 Å². The molecular formula is C20H21FN2O5. The van der Waals surface area contributed by atoms with Crippen LogP contribution >= 0.6 is 0 Å². The van der Waals surface area contributed by atoms with Crippen molar-refractivity contribution < 1.29 is 28.3 Å². The highest BCUT2D eigenvalue weighted by atomic mass is 19.1. The van der Waals surface area contributed by atoms with Gasteiger partial charge in [-0.3, -0.25) is 9.59 Å². The summed E-state index contributed by atoms with van der Waals surface area (Å²) in [4.78, 5) is 36.3. The minimum Gasteiger partial charge on any atom is -0.480 e. The highest BCUT2D eigenvalue weighted by Gasteiger charge is 2.24. The summed E-state index contributed by atoms with van der Waals surface area (Å²) in [6, 6.07) is 7.06. The molecule has 0 aliphatic rings. The van der Waals surface area contributed by atoms with E-state index in [1.807, 2.05) is 13.8 Å². The first kappa shape index (κ1) is 20.9. The van der Waals surface area contributed by atoms with Crippen molar-refractivity contribution in [2.24, 2.45) is 5.92 Å². The summed E-state index contributed by atoms with van der Waals surface area (Å²) in [6.07, 6.45) is 2.85. The summed E-state index contributed by atoms with van der Waals surface area (Å²) < 4.78 is 18.1. The Morgan fingerprint density at radius 3 is 2.39 bits per heavy atom.